The Bertz CT molecular complexity index is 688. The van der Waals surface area contributed by atoms with E-state index in [1.165, 1.54) is 0 Å². The van der Waals surface area contributed by atoms with Crippen molar-refractivity contribution in [2.24, 2.45) is 5.73 Å². The van der Waals surface area contributed by atoms with Gasteiger partial charge in [0.15, 0.2) is 0 Å². The first-order valence-electron chi connectivity index (χ1n) is 6.94. The first-order valence-corrected chi connectivity index (χ1v) is 6.94. The Morgan fingerprint density at radius 3 is 2.43 bits per heavy atom. The van der Waals surface area contributed by atoms with Gasteiger partial charge in [0, 0.05) is 36.1 Å². The van der Waals surface area contributed by atoms with Crippen molar-refractivity contribution < 1.29 is 9.59 Å². The van der Waals surface area contributed by atoms with Gasteiger partial charge in [0.05, 0.1) is 6.04 Å². The van der Waals surface area contributed by atoms with Crippen LogP contribution in [0.15, 0.2) is 42.6 Å². The molecule has 2 amide bonds. The lowest BCUT2D eigenvalue weighted by atomic mass is 10.1. The maximum Gasteiger partial charge on any atom is 0.254 e. The number of amides is 2. The van der Waals surface area contributed by atoms with Crippen molar-refractivity contribution in [2.75, 3.05) is 6.54 Å². The third-order valence-corrected chi connectivity index (χ3v) is 4.02. The van der Waals surface area contributed by atoms with Gasteiger partial charge in [0.2, 0.25) is 5.91 Å². The first kappa shape index (κ1) is 13.4. The number of primary amides is 1. The molecule has 3 rings (SSSR count). The van der Waals surface area contributed by atoms with E-state index in [-0.39, 0.29) is 11.9 Å². The number of carbonyl (C=O) groups is 2. The number of hydrogen-bond donors (Lipinski definition) is 1. The summed E-state index contributed by atoms with van der Waals surface area (Å²) in [4.78, 5) is 25.5. The van der Waals surface area contributed by atoms with E-state index in [4.69, 9.17) is 5.73 Å². The standard InChI is InChI=1S/C16H17N3O2/c1-11-14-3-2-8-18(14)9-10-19(11)16(21)13-6-4-12(5-7-13)15(17)20/h2-8,11H,9-10H2,1H3,(H2,17,20)/t11-/m0/s1. The molecule has 0 radical (unpaired) electrons. The van der Waals surface area contributed by atoms with Gasteiger partial charge in [-0.05, 0) is 43.3 Å². The molecular weight excluding hydrogens is 266 g/mol. The fraction of sp³-hybridized carbons (Fsp3) is 0.250. The molecule has 0 fully saturated rings. The molecule has 2 aromatic rings. The number of benzene rings is 1. The van der Waals surface area contributed by atoms with Gasteiger partial charge in [0.1, 0.15) is 0 Å². The number of carbonyl (C=O) groups excluding carboxylic acids is 2. The van der Waals surface area contributed by atoms with E-state index in [1.54, 1.807) is 24.3 Å². The number of nitrogens with zero attached hydrogens (tertiary/aromatic N) is 2. The van der Waals surface area contributed by atoms with Crippen LogP contribution in [0.1, 0.15) is 39.4 Å². The summed E-state index contributed by atoms with van der Waals surface area (Å²) in [7, 11) is 0. The molecule has 0 unspecified atom stereocenters. The lowest BCUT2D eigenvalue weighted by Gasteiger charge is -2.35. The highest BCUT2D eigenvalue weighted by Crippen LogP contribution is 2.26. The monoisotopic (exact) mass is 283 g/mol. The molecule has 0 spiro atoms. The highest BCUT2D eigenvalue weighted by molar-refractivity contribution is 5.97. The maximum absolute atomic E-state index is 12.6. The molecule has 1 atom stereocenters. The Hall–Kier alpha value is -2.56. The van der Waals surface area contributed by atoms with Gasteiger partial charge in [-0.2, -0.15) is 0 Å². The molecule has 2 N–H and O–H groups in total. The highest BCUT2D eigenvalue weighted by atomic mass is 16.2. The van der Waals surface area contributed by atoms with Crippen LogP contribution < -0.4 is 5.73 Å². The average Bonchev–Trinajstić information content (AvgIpc) is 2.96. The molecule has 1 aliphatic rings. The zero-order valence-electron chi connectivity index (χ0n) is 11.8. The molecule has 1 aromatic heterocycles. The van der Waals surface area contributed by atoms with Gasteiger partial charge in [-0.15, -0.1) is 0 Å². The minimum Gasteiger partial charge on any atom is -0.366 e. The van der Waals surface area contributed by atoms with Gasteiger partial charge in [0.25, 0.3) is 5.91 Å². The minimum absolute atomic E-state index is 0.0222. The van der Waals surface area contributed by atoms with E-state index >= 15 is 0 Å². The van der Waals surface area contributed by atoms with Crippen LogP contribution in [0.25, 0.3) is 0 Å². The molecular formula is C16H17N3O2. The number of hydrogen-bond acceptors (Lipinski definition) is 2. The Morgan fingerprint density at radius 1 is 1.10 bits per heavy atom. The molecule has 0 bridgehead atoms. The lowest BCUT2D eigenvalue weighted by molar-refractivity contribution is 0.0643. The van der Waals surface area contributed by atoms with Crippen LogP contribution in [0.3, 0.4) is 0 Å². The van der Waals surface area contributed by atoms with Crippen molar-refractivity contribution in [3.05, 3.63) is 59.4 Å². The smallest absolute Gasteiger partial charge is 0.254 e. The first-order chi connectivity index (χ1) is 10.1. The number of fused-ring (bicyclic) bond motifs is 1. The fourth-order valence-electron chi connectivity index (χ4n) is 2.80. The predicted octanol–water partition coefficient (Wildman–Crippen LogP) is 1.80. The van der Waals surface area contributed by atoms with Crippen molar-refractivity contribution in [3.8, 4) is 0 Å². The Labute approximate surface area is 123 Å². The SMILES string of the molecule is C[C@H]1c2cccn2CCN1C(=O)c1ccc(C(N)=O)cc1. The van der Waals surface area contributed by atoms with Crippen LogP contribution >= 0.6 is 0 Å². The van der Waals surface area contributed by atoms with Crippen LogP contribution in [0.2, 0.25) is 0 Å². The summed E-state index contributed by atoms with van der Waals surface area (Å²) >= 11 is 0. The van der Waals surface area contributed by atoms with Crippen molar-refractivity contribution >= 4 is 11.8 Å². The fourth-order valence-corrected chi connectivity index (χ4v) is 2.80. The third kappa shape index (κ3) is 2.31. The molecule has 1 aliphatic heterocycles. The highest BCUT2D eigenvalue weighted by Gasteiger charge is 2.27. The topological polar surface area (TPSA) is 68.3 Å². The normalized spacial score (nSPS) is 17.4. The van der Waals surface area contributed by atoms with Crippen LogP contribution in [-0.4, -0.2) is 27.8 Å². The summed E-state index contributed by atoms with van der Waals surface area (Å²) in [5.41, 5.74) is 7.34. The zero-order valence-corrected chi connectivity index (χ0v) is 11.8. The van der Waals surface area contributed by atoms with Crippen LogP contribution in [0.5, 0.6) is 0 Å². The average molecular weight is 283 g/mol. The third-order valence-electron chi connectivity index (χ3n) is 4.02. The summed E-state index contributed by atoms with van der Waals surface area (Å²) in [6.07, 6.45) is 2.04. The summed E-state index contributed by atoms with van der Waals surface area (Å²) in [6.45, 7) is 3.51. The van der Waals surface area contributed by atoms with Gasteiger partial charge in [-0.3, -0.25) is 9.59 Å². The maximum atomic E-state index is 12.6. The molecule has 0 saturated heterocycles. The molecule has 1 aromatic carbocycles. The second kappa shape index (κ2) is 5.09. The number of rotatable bonds is 2. The van der Waals surface area contributed by atoms with Gasteiger partial charge >= 0.3 is 0 Å². The van der Waals surface area contributed by atoms with Crippen molar-refractivity contribution in [1.82, 2.24) is 9.47 Å². The van der Waals surface area contributed by atoms with E-state index in [2.05, 4.69) is 4.57 Å². The summed E-state index contributed by atoms with van der Waals surface area (Å²) in [6, 6.07) is 10.6. The molecule has 0 saturated carbocycles. The molecule has 108 valence electrons. The van der Waals surface area contributed by atoms with Crippen LogP contribution in [-0.2, 0) is 6.54 Å². The summed E-state index contributed by atoms with van der Waals surface area (Å²) in [5, 5.41) is 0. The quantitative estimate of drug-likeness (QED) is 0.913. The largest absolute Gasteiger partial charge is 0.366 e. The minimum atomic E-state index is -0.488. The summed E-state index contributed by atoms with van der Waals surface area (Å²) in [5.74, 6) is -0.510. The van der Waals surface area contributed by atoms with E-state index in [1.807, 2.05) is 30.2 Å². The Kier molecular flexibility index (Phi) is 3.25. The van der Waals surface area contributed by atoms with Crippen LogP contribution in [0, 0.1) is 0 Å². The molecule has 0 aliphatic carbocycles. The summed E-state index contributed by atoms with van der Waals surface area (Å²) < 4.78 is 2.17. The van der Waals surface area contributed by atoms with E-state index in [0.717, 1.165) is 12.2 Å². The van der Waals surface area contributed by atoms with Crippen molar-refractivity contribution in [2.45, 2.75) is 19.5 Å². The number of nitrogens with two attached hydrogens (primary N) is 1. The van der Waals surface area contributed by atoms with Gasteiger partial charge < -0.3 is 15.2 Å². The molecule has 5 heteroatoms. The van der Waals surface area contributed by atoms with E-state index < -0.39 is 5.91 Å². The predicted molar refractivity (Wildman–Crippen MR) is 78.8 cm³/mol. The van der Waals surface area contributed by atoms with Crippen molar-refractivity contribution in [3.63, 3.8) is 0 Å². The lowest BCUT2D eigenvalue weighted by Crippen LogP contribution is -2.40. The zero-order chi connectivity index (χ0) is 15.0. The van der Waals surface area contributed by atoms with Crippen molar-refractivity contribution in [1.29, 1.82) is 0 Å². The van der Waals surface area contributed by atoms with Gasteiger partial charge in [-0.1, -0.05) is 0 Å². The molecule has 21 heavy (non-hydrogen) atoms. The van der Waals surface area contributed by atoms with E-state index in [0.29, 0.717) is 17.7 Å². The number of aromatic nitrogens is 1. The molecule has 5 nitrogen and oxygen atoms in total. The van der Waals surface area contributed by atoms with E-state index in [9.17, 15) is 9.59 Å². The van der Waals surface area contributed by atoms with Gasteiger partial charge in [-0.25, -0.2) is 0 Å². The second-order valence-corrected chi connectivity index (χ2v) is 5.24. The molecule has 2 heterocycles. The Balaban J connectivity index is 1.84. The Morgan fingerprint density at radius 2 is 1.76 bits per heavy atom. The second-order valence-electron chi connectivity index (χ2n) is 5.24. The van der Waals surface area contributed by atoms with Crippen LogP contribution in [0.4, 0.5) is 0 Å².